The molecule has 0 unspecified atom stereocenters. The summed E-state index contributed by atoms with van der Waals surface area (Å²) in [5, 5.41) is 22.5. The number of hydrogen-bond acceptors (Lipinski definition) is 4. The number of benzene rings is 2. The van der Waals surface area contributed by atoms with Crippen molar-refractivity contribution in [2.75, 3.05) is 0 Å². The fourth-order valence-electron chi connectivity index (χ4n) is 2.26. The first-order chi connectivity index (χ1) is 11.4. The van der Waals surface area contributed by atoms with Crippen LogP contribution in [0.5, 0.6) is 0 Å². The number of carbonyl (C=O) groups excluding carboxylic acids is 1. The lowest BCUT2D eigenvalue weighted by molar-refractivity contribution is -0.384. The quantitative estimate of drug-likeness (QED) is 0.625. The van der Waals surface area contributed by atoms with Crippen molar-refractivity contribution in [3.63, 3.8) is 0 Å². The normalized spacial score (nSPS) is 11.5. The molecule has 0 radical (unpaired) electrons. The van der Waals surface area contributed by atoms with Gasteiger partial charge in [0.05, 0.1) is 4.92 Å². The Kier molecular flexibility index (Phi) is 5.26. The van der Waals surface area contributed by atoms with Crippen LogP contribution in [0.15, 0.2) is 48.5 Å². The average Bonchev–Trinajstić information content (AvgIpc) is 2.56. The molecule has 0 saturated heterocycles. The number of amides is 1. The van der Waals surface area contributed by atoms with Crippen LogP contribution in [0.25, 0.3) is 0 Å². The van der Waals surface area contributed by atoms with Crippen LogP contribution in [0.1, 0.15) is 21.5 Å². The van der Waals surface area contributed by atoms with E-state index in [0.29, 0.717) is 0 Å². The van der Waals surface area contributed by atoms with Gasteiger partial charge in [-0.15, -0.1) is 0 Å². The van der Waals surface area contributed by atoms with E-state index < -0.39 is 22.8 Å². The first-order valence-corrected chi connectivity index (χ1v) is 7.21. The summed E-state index contributed by atoms with van der Waals surface area (Å²) < 4.78 is 0. The number of nitro groups is 1. The zero-order valence-electron chi connectivity index (χ0n) is 12.9. The molecule has 0 spiro atoms. The van der Waals surface area contributed by atoms with Gasteiger partial charge in [-0.05, 0) is 24.1 Å². The molecule has 2 rings (SSSR count). The molecule has 1 amide bonds. The smallest absolute Gasteiger partial charge is 0.326 e. The van der Waals surface area contributed by atoms with Gasteiger partial charge in [0, 0.05) is 24.1 Å². The number of aryl methyl sites for hydroxylation is 1. The van der Waals surface area contributed by atoms with Gasteiger partial charge >= 0.3 is 5.97 Å². The molecule has 0 aliphatic carbocycles. The van der Waals surface area contributed by atoms with Crippen molar-refractivity contribution >= 4 is 17.6 Å². The number of rotatable bonds is 6. The van der Waals surface area contributed by atoms with E-state index in [1.807, 2.05) is 19.1 Å². The zero-order chi connectivity index (χ0) is 17.7. The van der Waals surface area contributed by atoms with E-state index in [0.717, 1.165) is 17.2 Å². The second-order valence-corrected chi connectivity index (χ2v) is 5.30. The standard InChI is InChI=1S/C17H16N2O5/c1-11-5-2-3-6-12(11)10-15(17(21)22)18-16(20)13-7-4-8-14(9-13)19(23)24/h2-9,15H,10H2,1H3,(H,18,20)(H,21,22)/t15-/m1/s1. The number of non-ortho nitro benzene ring substituents is 1. The van der Waals surface area contributed by atoms with Gasteiger partial charge in [0.2, 0.25) is 0 Å². The molecule has 0 saturated carbocycles. The van der Waals surface area contributed by atoms with E-state index in [2.05, 4.69) is 5.32 Å². The Bertz CT molecular complexity index is 788. The fraction of sp³-hybridized carbons (Fsp3) is 0.176. The third-order valence-electron chi connectivity index (χ3n) is 3.61. The maximum Gasteiger partial charge on any atom is 0.326 e. The Labute approximate surface area is 138 Å². The van der Waals surface area contributed by atoms with Gasteiger partial charge in [-0.25, -0.2) is 4.79 Å². The number of nitrogens with one attached hydrogen (secondary N) is 1. The van der Waals surface area contributed by atoms with Crippen molar-refractivity contribution < 1.29 is 19.6 Å². The molecule has 0 bridgehead atoms. The Morgan fingerprint density at radius 3 is 2.54 bits per heavy atom. The summed E-state index contributed by atoms with van der Waals surface area (Å²) in [6.07, 6.45) is 0.128. The van der Waals surface area contributed by atoms with Gasteiger partial charge in [0.15, 0.2) is 0 Å². The van der Waals surface area contributed by atoms with Gasteiger partial charge in [-0.1, -0.05) is 30.3 Å². The van der Waals surface area contributed by atoms with Gasteiger partial charge in [0.25, 0.3) is 11.6 Å². The highest BCUT2D eigenvalue weighted by atomic mass is 16.6. The maximum absolute atomic E-state index is 12.2. The summed E-state index contributed by atoms with van der Waals surface area (Å²) in [5.41, 5.74) is 1.55. The monoisotopic (exact) mass is 328 g/mol. The summed E-state index contributed by atoms with van der Waals surface area (Å²) in [4.78, 5) is 33.8. The van der Waals surface area contributed by atoms with E-state index in [9.17, 15) is 24.8 Å². The third kappa shape index (κ3) is 4.16. The highest BCUT2D eigenvalue weighted by Gasteiger charge is 2.22. The molecule has 2 N–H and O–H groups in total. The summed E-state index contributed by atoms with van der Waals surface area (Å²) in [6, 6.07) is 11.3. The Morgan fingerprint density at radius 2 is 1.92 bits per heavy atom. The van der Waals surface area contributed by atoms with Crippen molar-refractivity contribution in [3.8, 4) is 0 Å². The Morgan fingerprint density at radius 1 is 1.21 bits per heavy atom. The van der Waals surface area contributed by atoms with Gasteiger partial charge in [-0.2, -0.15) is 0 Å². The maximum atomic E-state index is 12.2. The van der Waals surface area contributed by atoms with Gasteiger partial charge < -0.3 is 10.4 Å². The lowest BCUT2D eigenvalue weighted by atomic mass is 10.0. The van der Waals surface area contributed by atoms with Gasteiger partial charge in [0.1, 0.15) is 6.04 Å². The van der Waals surface area contributed by atoms with Crippen LogP contribution in [0.4, 0.5) is 5.69 Å². The van der Waals surface area contributed by atoms with E-state index in [1.165, 1.54) is 18.2 Å². The van der Waals surface area contributed by atoms with Gasteiger partial charge in [-0.3, -0.25) is 14.9 Å². The van der Waals surface area contributed by atoms with E-state index in [1.54, 1.807) is 12.1 Å². The molecule has 7 nitrogen and oxygen atoms in total. The summed E-state index contributed by atoms with van der Waals surface area (Å²) in [5.74, 6) is -1.84. The summed E-state index contributed by atoms with van der Waals surface area (Å²) in [6.45, 7) is 1.86. The molecule has 0 aliphatic rings. The predicted octanol–water partition coefficient (Wildman–Crippen LogP) is 2.33. The number of carbonyl (C=O) groups is 2. The molecule has 124 valence electrons. The summed E-state index contributed by atoms with van der Waals surface area (Å²) >= 11 is 0. The SMILES string of the molecule is Cc1ccccc1C[C@@H](NC(=O)c1cccc([N+](=O)[O-])c1)C(=O)O. The minimum Gasteiger partial charge on any atom is -0.480 e. The third-order valence-corrected chi connectivity index (χ3v) is 3.61. The second kappa shape index (κ2) is 7.36. The molecule has 0 fully saturated rings. The number of hydrogen-bond donors (Lipinski definition) is 2. The highest BCUT2D eigenvalue weighted by Crippen LogP contribution is 2.14. The molecule has 0 aliphatic heterocycles. The highest BCUT2D eigenvalue weighted by molar-refractivity contribution is 5.97. The molecule has 24 heavy (non-hydrogen) atoms. The molecule has 2 aromatic carbocycles. The molecule has 7 heteroatoms. The lowest BCUT2D eigenvalue weighted by Crippen LogP contribution is -2.42. The molecule has 2 aromatic rings. The largest absolute Gasteiger partial charge is 0.480 e. The molecule has 0 heterocycles. The minimum atomic E-state index is -1.17. The van der Waals surface area contributed by atoms with Crippen LogP contribution in [0.2, 0.25) is 0 Å². The lowest BCUT2D eigenvalue weighted by Gasteiger charge is -2.16. The van der Waals surface area contributed by atoms with Crippen molar-refractivity contribution in [1.82, 2.24) is 5.32 Å². The zero-order valence-corrected chi connectivity index (χ0v) is 12.9. The number of nitrogens with zero attached hydrogens (tertiary/aromatic N) is 1. The van der Waals surface area contributed by atoms with E-state index in [-0.39, 0.29) is 17.7 Å². The van der Waals surface area contributed by atoms with Crippen molar-refractivity contribution in [3.05, 3.63) is 75.3 Å². The van der Waals surface area contributed by atoms with Crippen LogP contribution in [0, 0.1) is 17.0 Å². The van der Waals surface area contributed by atoms with Crippen LogP contribution < -0.4 is 5.32 Å². The van der Waals surface area contributed by atoms with Crippen LogP contribution in [0.3, 0.4) is 0 Å². The Balaban J connectivity index is 2.17. The number of carboxylic acids is 1. The Hall–Kier alpha value is -3.22. The number of carboxylic acid groups (broad SMARTS) is 1. The van der Waals surface area contributed by atoms with Crippen LogP contribution in [-0.2, 0) is 11.2 Å². The van der Waals surface area contributed by atoms with Crippen molar-refractivity contribution in [2.45, 2.75) is 19.4 Å². The molecular formula is C17H16N2O5. The molecule has 0 aromatic heterocycles. The first-order valence-electron chi connectivity index (χ1n) is 7.21. The summed E-state index contributed by atoms with van der Waals surface area (Å²) in [7, 11) is 0. The second-order valence-electron chi connectivity index (χ2n) is 5.30. The molecule has 1 atom stereocenters. The number of aliphatic carboxylic acids is 1. The molecular weight excluding hydrogens is 312 g/mol. The predicted molar refractivity (Wildman–Crippen MR) is 86.9 cm³/mol. The minimum absolute atomic E-state index is 0.0419. The first kappa shape index (κ1) is 17.1. The van der Waals surface area contributed by atoms with E-state index in [4.69, 9.17) is 0 Å². The van der Waals surface area contributed by atoms with Crippen LogP contribution >= 0.6 is 0 Å². The number of nitro benzene ring substituents is 1. The van der Waals surface area contributed by atoms with Crippen LogP contribution in [-0.4, -0.2) is 27.9 Å². The van der Waals surface area contributed by atoms with E-state index >= 15 is 0 Å². The van der Waals surface area contributed by atoms with Crippen molar-refractivity contribution in [1.29, 1.82) is 0 Å². The fourth-order valence-corrected chi connectivity index (χ4v) is 2.26. The topological polar surface area (TPSA) is 110 Å². The van der Waals surface area contributed by atoms with Crippen molar-refractivity contribution in [2.24, 2.45) is 0 Å². The average molecular weight is 328 g/mol.